The summed E-state index contributed by atoms with van der Waals surface area (Å²) in [6.45, 7) is 9.89. The third-order valence-electron chi connectivity index (χ3n) is 4.34. The van der Waals surface area contributed by atoms with Crippen molar-refractivity contribution in [2.24, 2.45) is 5.92 Å². The predicted octanol–water partition coefficient (Wildman–Crippen LogP) is 1.70. The first-order valence-corrected chi connectivity index (χ1v) is 9.05. The minimum absolute atomic E-state index is 0.140. The number of rotatable bonds is 4. The Hall–Kier alpha value is -0.260. The topological polar surface area (TPSA) is 32.8 Å². The molecule has 0 radical (unpaired) electrons. The van der Waals surface area contributed by atoms with Gasteiger partial charge >= 0.3 is 0 Å². The molecule has 1 atom stereocenters. The van der Waals surface area contributed by atoms with Crippen LogP contribution in [-0.2, 0) is 9.53 Å². The van der Waals surface area contributed by atoms with E-state index in [1.165, 1.54) is 5.75 Å². The van der Waals surface area contributed by atoms with Crippen molar-refractivity contribution in [3.05, 3.63) is 0 Å². The molecule has 2 aliphatic heterocycles. The molecular formula is C15H28N2O2S. The molecule has 0 aromatic rings. The van der Waals surface area contributed by atoms with E-state index in [0.29, 0.717) is 5.91 Å². The van der Waals surface area contributed by atoms with Crippen LogP contribution >= 0.6 is 11.8 Å². The Bertz CT molecular complexity index is 328. The molecule has 0 aromatic carbocycles. The number of carbonyl (C=O) groups is 1. The van der Waals surface area contributed by atoms with E-state index in [0.717, 1.165) is 52.2 Å². The fraction of sp³-hybridized carbons (Fsp3) is 0.933. The fourth-order valence-corrected chi connectivity index (χ4v) is 3.55. The number of ether oxygens (including phenoxy) is 1. The zero-order chi connectivity index (χ0) is 14.6. The Morgan fingerprint density at radius 3 is 2.60 bits per heavy atom. The smallest absolute Gasteiger partial charge is 0.225 e. The number of thioether (sulfide) groups is 1. The lowest BCUT2D eigenvalue weighted by atomic mass is 9.87. The highest BCUT2D eigenvalue weighted by Crippen LogP contribution is 2.30. The summed E-state index contributed by atoms with van der Waals surface area (Å²) < 4.78 is 5.71. The molecule has 116 valence electrons. The molecule has 0 spiro atoms. The van der Waals surface area contributed by atoms with E-state index in [4.69, 9.17) is 4.74 Å². The first-order chi connectivity index (χ1) is 9.52. The highest BCUT2D eigenvalue weighted by molar-refractivity contribution is 7.98. The van der Waals surface area contributed by atoms with Gasteiger partial charge in [-0.15, -0.1) is 0 Å². The molecule has 2 aliphatic rings. The lowest BCUT2D eigenvalue weighted by Gasteiger charge is -2.40. The van der Waals surface area contributed by atoms with Crippen LogP contribution in [0.5, 0.6) is 0 Å². The maximum Gasteiger partial charge on any atom is 0.225 e. The van der Waals surface area contributed by atoms with Crippen LogP contribution in [0.2, 0.25) is 0 Å². The van der Waals surface area contributed by atoms with Gasteiger partial charge in [0.15, 0.2) is 0 Å². The van der Waals surface area contributed by atoms with Crippen molar-refractivity contribution in [1.82, 2.24) is 9.80 Å². The van der Waals surface area contributed by atoms with Crippen LogP contribution in [0.3, 0.4) is 0 Å². The van der Waals surface area contributed by atoms with E-state index >= 15 is 0 Å². The van der Waals surface area contributed by atoms with Gasteiger partial charge in [-0.3, -0.25) is 9.69 Å². The largest absolute Gasteiger partial charge is 0.376 e. The first kappa shape index (κ1) is 16.1. The van der Waals surface area contributed by atoms with E-state index in [1.54, 1.807) is 0 Å². The molecule has 2 saturated heterocycles. The second-order valence-electron chi connectivity index (χ2n) is 6.46. The zero-order valence-corrected chi connectivity index (χ0v) is 13.9. The van der Waals surface area contributed by atoms with Crippen LogP contribution in [0.15, 0.2) is 0 Å². The summed E-state index contributed by atoms with van der Waals surface area (Å²) in [4.78, 5) is 17.1. The molecule has 2 fully saturated rings. The van der Waals surface area contributed by atoms with Crippen LogP contribution in [0.4, 0.5) is 0 Å². The Labute approximate surface area is 127 Å². The minimum atomic E-state index is -0.140. The lowest BCUT2D eigenvalue weighted by Crippen LogP contribution is -2.52. The third-order valence-corrected chi connectivity index (χ3v) is 4.93. The van der Waals surface area contributed by atoms with E-state index in [2.05, 4.69) is 29.9 Å². The number of hydrogen-bond donors (Lipinski definition) is 0. The van der Waals surface area contributed by atoms with Crippen molar-refractivity contribution in [3.8, 4) is 0 Å². The van der Waals surface area contributed by atoms with Crippen molar-refractivity contribution in [2.75, 3.05) is 51.3 Å². The molecule has 20 heavy (non-hydrogen) atoms. The maximum absolute atomic E-state index is 12.6. The molecule has 0 N–H and O–H groups in total. The SMILES string of the molecule is CSCCN1CCN(C(=O)[C@@H]2CCOC(C)(C)C2)CC1. The van der Waals surface area contributed by atoms with Crippen LogP contribution in [0.1, 0.15) is 26.7 Å². The van der Waals surface area contributed by atoms with E-state index in [-0.39, 0.29) is 11.5 Å². The normalized spacial score (nSPS) is 27.6. The van der Waals surface area contributed by atoms with Crippen molar-refractivity contribution in [2.45, 2.75) is 32.3 Å². The van der Waals surface area contributed by atoms with Gasteiger partial charge in [-0.2, -0.15) is 11.8 Å². The Morgan fingerprint density at radius 2 is 2.00 bits per heavy atom. The maximum atomic E-state index is 12.6. The van der Waals surface area contributed by atoms with E-state index < -0.39 is 0 Å². The summed E-state index contributed by atoms with van der Waals surface area (Å²) >= 11 is 1.89. The number of amides is 1. The number of piperazine rings is 1. The Kier molecular flexibility index (Phi) is 5.75. The van der Waals surface area contributed by atoms with Crippen LogP contribution in [0.25, 0.3) is 0 Å². The van der Waals surface area contributed by atoms with Crippen molar-refractivity contribution >= 4 is 17.7 Å². The quantitative estimate of drug-likeness (QED) is 0.791. The van der Waals surface area contributed by atoms with Crippen LogP contribution < -0.4 is 0 Å². The standard InChI is InChI=1S/C15H28N2O2S/c1-15(2)12-13(4-10-19-15)14(18)17-7-5-16(6-8-17)9-11-20-3/h13H,4-12H2,1-3H3/t13-/m1/s1. The summed E-state index contributed by atoms with van der Waals surface area (Å²) in [5.41, 5.74) is -0.140. The summed E-state index contributed by atoms with van der Waals surface area (Å²) in [5, 5.41) is 0. The van der Waals surface area contributed by atoms with E-state index in [1.807, 2.05) is 11.8 Å². The molecule has 5 heteroatoms. The molecule has 0 aromatic heterocycles. The molecule has 0 saturated carbocycles. The van der Waals surface area contributed by atoms with Gasteiger partial charge < -0.3 is 9.64 Å². The molecule has 2 rings (SSSR count). The van der Waals surface area contributed by atoms with E-state index in [9.17, 15) is 4.79 Å². The van der Waals surface area contributed by atoms with Crippen molar-refractivity contribution in [1.29, 1.82) is 0 Å². The van der Waals surface area contributed by atoms with Gasteiger partial charge in [0.25, 0.3) is 0 Å². The minimum Gasteiger partial charge on any atom is -0.376 e. The number of hydrogen-bond acceptors (Lipinski definition) is 4. The van der Waals surface area contributed by atoms with Crippen molar-refractivity contribution in [3.63, 3.8) is 0 Å². The second-order valence-corrected chi connectivity index (χ2v) is 7.44. The molecule has 4 nitrogen and oxygen atoms in total. The van der Waals surface area contributed by atoms with Gasteiger partial charge in [0.05, 0.1) is 5.60 Å². The highest BCUT2D eigenvalue weighted by atomic mass is 32.2. The van der Waals surface area contributed by atoms with Gasteiger partial charge in [0.1, 0.15) is 0 Å². The highest BCUT2D eigenvalue weighted by Gasteiger charge is 2.35. The first-order valence-electron chi connectivity index (χ1n) is 7.66. The monoisotopic (exact) mass is 300 g/mol. The number of carbonyl (C=O) groups excluding carboxylic acids is 1. The summed E-state index contributed by atoms with van der Waals surface area (Å²) in [5.74, 6) is 1.70. The van der Waals surface area contributed by atoms with Crippen LogP contribution in [0, 0.1) is 5.92 Å². The fourth-order valence-electron chi connectivity index (χ4n) is 3.11. The molecule has 0 aliphatic carbocycles. The molecule has 1 amide bonds. The Morgan fingerprint density at radius 1 is 1.30 bits per heavy atom. The predicted molar refractivity (Wildman–Crippen MR) is 84.2 cm³/mol. The van der Waals surface area contributed by atoms with Gasteiger partial charge in [0.2, 0.25) is 5.91 Å². The Balaban J connectivity index is 1.79. The van der Waals surface area contributed by atoms with Gasteiger partial charge in [-0.05, 0) is 32.9 Å². The number of nitrogens with zero attached hydrogens (tertiary/aromatic N) is 2. The van der Waals surface area contributed by atoms with Crippen LogP contribution in [-0.4, -0.2) is 72.6 Å². The zero-order valence-electron chi connectivity index (χ0n) is 13.1. The summed E-state index contributed by atoms with van der Waals surface area (Å²) in [7, 11) is 0. The van der Waals surface area contributed by atoms with Gasteiger partial charge in [-0.1, -0.05) is 0 Å². The van der Waals surface area contributed by atoms with Gasteiger partial charge in [0, 0.05) is 51.0 Å². The molecule has 0 bridgehead atoms. The van der Waals surface area contributed by atoms with Crippen molar-refractivity contribution < 1.29 is 9.53 Å². The average Bonchev–Trinajstić information content (AvgIpc) is 2.44. The van der Waals surface area contributed by atoms with Gasteiger partial charge in [-0.25, -0.2) is 0 Å². The third kappa shape index (κ3) is 4.37. The lowest BCUT2D eigenvalue weighted by molar-refractivity contribution is -0.147. The summed E-state index contributed by atoms with van der Waals surface area (Å²) in [6, 6.07) is 0. The average molecular weight is 300 g/mol. The molecule has 2 heterocycles. The second kappa shape index (κ2) is 7.14. The summed E-state index contributed by atoms with van der Waals surface area (Å²) in [6.07, 6.45) is 3.89. The molecular weight excluding hydrogens is 272 g/mol. The molecule has 0 unspecified atom stereocenters.